The van der Waals surface area contributed by atoms with Gasteiger partial charge in [0, 0.05) is 0 Å². The Morgan fingerprint density at radius 1 is 1.33 bits per heavy atom. The van der Waals surface area contributed by atoms with E-state index in [0.717, 1.165) is 6.20 Å². The minimum absolute atomic E-state index is 0.115. The molecule has 2 rings (SSSR count). The zero-order valence-electron chi connectivity index (χ0n) is 18.7. The lowest BCUT2D eigenvalue weighted by atomic mass is 9.85. The number of nitrogens with two attached hydrogens (primary N) is 1. The van der Waals surface area contributed by atoms with Crippen LogP contribution >= 0.6 is 11.3 Å². The maximum Gasteiger partial charge on any atom is 0.259 e. The molecule has 33 heavy (non-hydrogen) atoms. The molecule has 5 N–H and O–H groups in total. The van der Waals surface area contributed by atoms with Crippen LogP contribution in [0.25, 0.3) is 0 Å². The van der Waals surface area contributed by atoms with E-state index in [4.69, 9.17) is 5.14 Å². The predicted molar refractivity (Wildman–Crippen MR) is 121 cm³/mol. The Hall–Kier alpha value is -2.27. The average Bonchev–Trinajstić information content (AvgIpc) is 3.24. The van der Waals surface area contributed by atoms with E-state index in [1.807, 2.05) is 19.9 Å². The SMILES string of the molecule is CC(C)c1cc(C#N)c(F)c(C(C)C)c1CC(=O)N=S(N)(=O)c1cnc(C(O)(CO)CO)s1. The van der Waals surface area contributed by atoms with Gasteiger partial charge in [0.15, 0.2) is 15.5 Å². The summed E-state index contributed by atoms with van der Waals surface area (Å²) in [5, 5.41) is 43.7. The van der Waals surface area contributed by atoms with E-state index in [-0.39, 0.29) is 38.6 Å². The van der Waals surface area contributed by atoms with Gasteiger partial charge in [-0.1, -0.05) is 27.7 Å². The Morgan fingerprint density at radius 2 is 1.94 bits per heavy atom. The van der Waals surface area contributed by atoms with Gasteiger partial charge in [0.1, 0.15) is 21.1 Å². The number of nitriles is 1. The molecule has 0 saturated carbocycles. The fourth-order valence-corrected chi connectivity index (χ4v) is 5.52. The Labute approximate surface area is 196 Å². The zero-order chi connectivity index (χ0) is 25.1. The summed E-state index contributed by atoms with van der Waals surface area (Å²) < 4.78 is 31.4. The minimum Gasteiger partial charge on any atom is -0.393 e. The first-order valence-corrected chi connectivity index (χ1v) is 12.4. The zero-order valence-corrected chi connectivity index (χ0v) is 20.3. The maximum absolute atomic E-state index is 14.9. The Kier molecular flexibility index (Phi) is 8.45. The van der Waals surface area contributed by atoms with E-state index in [2.05, 4.69) is 9.35 Å². The van der Waals surface area contributed by atoms with Crippen molar-refractivity contribution in [2.45, 2.75) is 55.8 Å². The summed E-state index contributed by atoms with van der Waals surface area (Å²) in [6.45, 7) is 5.50. The van der Waals surface area contributed by atoms with Crippen LogP contribution in [0.2, 0.25) is 0 Å². The fraction of sp³-hybridized carbons (Fsp3) is 0.476. The molecule has 2 aromatic rings. The number of amides is 1. The van der Waals surface area contributed by atoms with Crippen molar-refractivity contribution in [3.05, 3.63) is 45.3 Å². The number of thiazole rings is 1. The number of carbonyl (C=O) groups is 1. The van der Waals surface area contributed by atoms with Crippen molar-refractivity contribution >= 4 is 27.2 Å². The first-order valence-electron chi connectivity index (χ1n) is 10.0. The van der Waals surface area contributed by atoms with E-state index >= 15 is 0 Å². The monoisotopic (exact) mass is 498 g/mol. The van der Waals surface area contributed by atoms with E-state index in [1.54, 1.807) is 13.8 Å². The number of hydrogen-bond donors (Lipinski definition) is 4. The van der Waals surface area contributed by atoms with Crippen LogP contribution in [0.4, 0.5) is 4.39 Å². The highest BCUT2D eigenvalue weighted by atomic mass is 32.2. The van der Waals surface area contributed by atoms with E-state index in [0.29, 0.717) is 22.5 Å². The molecule has 180 valence electrons. The van der Waals surface area contributed by atoms with Crippen molar-refractivity contribution in [2.75, 3.05) is 13.2 Å². The largest absolute Gasteiger partial charge is 0.393 e. The summed E-state index contributed by atoms with van der Waals surface area (Å²) in [5.74, 6) is -2.02. The molecule has 12 heteroatoms. The summed E-state index contributed by atoms with van der Waals surface area (Å²) >= 11 is 0.644. The lowest BCUT2D eigenvalue weighted by Crippen LogP contribution is -2.34. The van der Waals surface area contributed by atoms with Gasteiger partial charge in [-0.15, -0.1) is 15.7 Å². The van der Waals surface area contributed by atoms with Gasteiger partial charge in [-0.3, -0.25) is 4.79 Å². The van der Waals surface area contributed by atoms with Gasteiger partial charge in [-0.05, 0) is 34.6 Å². The first-order chi connectivity index (χ1) is 15.3. The molecule has 1 aromatic heterocycles. The quantitative estimate of drug-likeness (QED) is 0.431. The van der Waals surface area contributed by atoms with Crippen molar-refractivity contribution in [2.24, 2.45) is 9.50 Å². The lowest BCUT2D eigenvalue weighted by Gasteiger charge is -2.20. The van der Waals surface area contributed by atoms with Gasteiger partial charge in [0.2, 0.25) is 0 Å². The molecule has 0 saturated heterocycles. The molecular formula is C21H27FN4O5S2. The summed E-state index contributed by atoms with van der Waals surface area (Å²) in [4.78, 5) is 16.6. The molecule has 1 atom stereocenters. The fourth-order valence-electron chi connectivity index (χ4n) is 3.31. The molecule has 0 spiro atoms. The van der Waals surface area contributed by atoms with Crippen molar-refractivity contribution in [1.82, 2.24) is 4.98 Å². The summed E-state index contributed by atoms with van der Waals surface area (Å²) in [5.41, 5.74) is -0.961. The van der Waals surface area contributed by atoms with Gasteiger partial charge in [0.25, 0.3) is 5.91 Å². The Balaban J connectivity index is 2.53. The number of rotatable bonds is 8. The number of hydrogen-bond acceptors (Lipinski definition) is 8. The van der Waals surface area contributed by atoms with Crippen LogP contribution in [0.3, 0.4) is 0 Å². The van der Waals surface area contributed by atoms with Crippen LogP contribution in [-0.4, -0.2) is 43.6 Å². The van der Waals surface area contributed by atoms with Crippen molar-refractivity contribution < 1.29 is 28.7 Å². The van der Waals surface area contributed by atoms with Crippen molar-refractivity contribution in [3.63, 3.8) is 0 Å². The highest BCUT2D eigenvalue weighted by Crippen LogP contribution is 2.33. The third kappa shape index (κ3) is 5.63. The molecule has 0 aliphatic rings. The number of aliphatic hydroxyl groups is 3. The number of halogens is 1. The first kappa shape index (κ1) is 27.0. The topological polar surface area (TPSA) is 170 Å². The third-order valence-electron chi connectivity index (χ3n) is 5.03. The number of aliphatic hydroxyl groups excluding tert-OH is 2. The number of carbonyl (C=O) groups excluding carboxylic acids is 1. The van der Waals surface area contributed by atoms with Gasteiger partial charge in [-0.2, -0.15) is 5.26 Å². The van der Waals surface area contributed by atoms with Crippen LogP contribution < -0.4 is 5.14 Å². The van der Waals surface area contributed by atoms with E-state index in [9.17, 15) is 34.0 Å². The summed E-state index contributed by atoms with van der Waals surface area (Å²) in [6, 6.07) is 3.25. The second-order valence-electron chi connectivity index (χ2n) is 8.20. The highest BCUT2D eigenvalue weighted by Gasteiger charge is 2.32. The van der Waals surface area contributed by atoms with Crippen LogP contribution in [0.15, 0.2) is 20.8 Å². The maximum atomic E-state index is 14.9. The van der Waals surface area contributed by atoms with Gasteiger partial charge in [0.05, 0.1) is 31.4 Å². The lowest BCUT2D eigenvalue weighted by molar-refractivity contribution is -0.117. The van der Waals surface area contributed by atoms with Crippen molar-refractivity contribution in [1.29, 1.82) is 5.26 Å². The third-order valence-corrected chi connectivity index (χ3v) is 8.13. The van der Waals surface area contributed by atoms with Gasteiger partial charge in [-0.25, -0.2) is 18.7 Å². The molecule has 1 unspecified atom stereocenters. The number of aromatic nitrogens is 1. The van der Waals surface area contributed by atoms with Gasteiger partial charge < -0.3 is 15.3 Å². The molecule has 9 nitrogen and oxygen atoms in total. The number of benzene rings is 1. The van der Waals surface area contributed by atoms with Crippen LogP contribution in [0.5, 0.6) is 0 Å². The molecule has 1 aromatic carbocycles. The standard InChI is InChI=1S/C21H27FN4O5S2/c1-11(2)14-5-13(7-23)19(22)18(12(3)4)15(14)6-16(29)26-33(24,31)17-8-25-20(32-17)21(30,9-27)10-28/h5,8,11-12,27-28,30H,6,9-10H2,1-4H3,(H2,24,26,29,31). The van der Waals surface area contributed by atoms with Crippen LogP contribution in [0, 0.1) is 17.1 Å². The number of nitrogens with zero attached hydrogens (tertiary/aromatic N) is 3. The van der Waals surface area contributed by atoms with E-state index < -0.39 is 40.5 Å². The predicted octanol–water partition coefficient (Wildman–Crippen LogP) is 2.04. The Morgan fingerprint density at radius 3 is 2.42 bits per heavy atom. The molecule has 0 fully saturated rings. The van der Waals surface area contributed by atoms with Crippen LogP contribution in [-0.2, 0) is 26.7 Å². The van der Waals surface area contributed by atoms with Gasteiger partial charge >= 0.3 is 0 Å². The second kappa shape index (κ2) is 10.3. The van der Waals surface area contributed by atoms with Crippen LogP contribution in [0.1, 0.15) is 66.8 Å². The normalized spacial score (nSPS) is 13.8. The molecule has 1 amide bonds. The minimum atomic E-state index is -3.76. The average molecular weight is 499 g/mol. The summed E-state index contributed by atoms with van der Waals surface area (Å²) in [6.07, 6.45) is 0.677. The molecule has 1 heterocycles. The smallest absolute Gasteiger partial charge is 0.259 e. The molecule has 0 aliphatic heterocycles. The molecule has 0 radical (unpaired) electrons. The molecular weight excluding hydrogens is 471 g/mol. The molecule has 0 bridgehead atoms. The summed E-state index contributed by atoms with van der Waals surface area (Å²) in [7, 11) is -3.76. The Bertz CT molecular complexity index is 1210. The highest BCUT2D eigenvalue weighted by molar-refractivity contribution is 7.93. The van der Waals surface area contributed by atoms with E-state index in [1.165, 1.54) is 6.07 Å². The van der Waals surface area contributed by atoms with Crippen molar-refractivity contribution in [3.8, 4) is 6.07 Å². The second-order valence-corrected chi connectivity index (χ2v) is 11.3. The molecule has 0 aliphatic carbocycles.